The van der Waals surface area contributed by atoms with E-state index in [0.29, 0.717) is 9.90 Å². The summed E-state index contributed by atoms with van der Waals surface area (Å²) in [4.78, 5) is 17.0. The minimum absolute atomic E-state index is 0.267. The molecule has 0 aliphatic carbocycles. The third-order valence-corrected chi connectivity index (χ3v) is 5.12. The van der Waals surface area contributed by atoms with Crippen LogP contribution in [0, 0.1) is 0 Å². The van der Waals surface area contributed by atoms with Crippen LogP contribution in [0.3, 0.4) is 0 Å². The quantitative estimate of drug-likeness (QED) is 0.492. The topological polar surface area (TPSA) is 38.7 Å². The Bertz CT molecular complexity index is 973. The summed E-state index contributed by atoms with van der Waals surface area (Å²) < 4.78 is 6.35. The van der Waals surface area contributed by atoms with Crippen molar-refractivity contribution in [2.24, 2.45) is 4.99 Å². The van der Waals surface area contributed by atoms with Gasteiger partial charge < -0.3 is 4.74 Å². The summed E-state index contributed by atoms with van der Waals surface area (Å²) >= 11 is 7.88. The molecule has 2 aromatic carbocycles. The fraction of sp³-hybridized carbons (Fsp3) is 0. The van der Waals surface area contributed by atoms with Gasteiger partial charge in [0.1, 0.15) is 4.88 Å². The van der Waals surface area contributed by atoms with E-state index < -0.39 is 5.97 Å². The van der Waals surface area contributed by atoms with Crippen molar-refractivity contribution in [1.29, 1.82) is 0 Å². The monoisotopic (exact) mass is 339 g/mol. The van der Waals surface area contributed by atoms with E-state index in [4.69, 9.17) is 16.3 Å². The van der Waals surface area contributed by atoms with Crippen LogP contribution in [0.4, 0.5) is 0 Å². The maximum absolute atomic E-state index is 12.0. The van der Waals surface area contributed by atoms with E-state index in [1.807, 2.05) is 54.6 Å². The van der Waals surface area contributed by atoms with Crippen molar-refractivity contribution in [3.05, 3.63) is 75.8 Å². The lowest BCUT2D eigenvalue weighted by atomic mass is 10.2. The fourth-order valence-electron chi connectivity index (χ4n) is 2.36. The highest BCUT2D eigenvalue weighted by atomic mass is 35.5. The number of hydrogen-bond donors (Lipinski definition) is 0. The Morgan fingerprint density at radius 2 is 1.78 bits per heavy atom. The second kappa shape index (κ2) is 5.65. The van der Waals surface area contributed by atoms with E-state index in [2.05, 4.69) is 4.99 Å². The number of carbonyl (C=O) groups is 1. The number of aliphatic imine (C=N–C) groups is 1. The number of hydrogen-bond acceptors (Lipinski definition) is 4. The van der Waals surface area contributed by atoms with Crippen LogP contribution in [0.15, 0.2) is 65.3 Å². The van der Waals surface area contributed by atoms with Crippen molar-refractivity contribution >= 4 is 51.0 Å². The molecule has 0 saturated carbocycles. The van der Waals surface area contributed by atoms with Crippen LogP contribution in [-0.2, 0) is 9.53 Å². The lowest BCUT2D eigenvalue weighted by Crippen LogP contribution is -2.04. The smallest absolute Gasteiger partial charge is 0.363 e. The lowest BCUT2D eigenvalue weighted by molar-refractivity contribution is -0.129. The Morgan fingerprint density at radius 3 is 2.57 bits per heavy atom. The van der Waals surface area contributed by atoms with E-state index in [9.17, 15) is 4.79 Å². The number of thiophene rings is 1. The average Bonchev–Trinajstić information content (AvgIpc) is 3.10. The van der Waals surface area contributed by atoms with Gasteiger partial charge in [-0.25, -0.2) is 9.79 Å². The maximum Gasteiger partial charge on any atom is 0.363 e. The number of ether oxygens (including phenoxy) is 1. The van der Waals surface area contributed by atoms with Gasteiger partial charge in [0.2, 0.25) is 5.90 Å². The van der Waals surface area contributed by atoms with Gasteiger partial charge in [-0.05, 0) is 17.7 Å². The molecular formula is C18H10ClNO2S. The van der Waals surface area contributed by atoms with Crippen LogP contribution in [0.2, 0.25) is 5.02 Å². The van der Waals surface area contributed by atoms with E-state index in [1.165, 1.54) is 11.3 Å². The molecule has 5 heteroatoms. The minimum atomic E-state index is -0.461. The summed E-state index contributed by atoms with van der Waals surface area (Å²) in [5, 5.41) is 1.51. The van der Waals surface area contributed by atoms with Crippen molar-refractivity contribution in [1.82, 2.24) is 0 Å². The van der Waals surface area contributed by atoms with Crippen LogP contribution in [-0.4, -0.2) is 11.9 Å². The minimum Gasteiger partial charge on any atom is -0.401 e. The maximum atomic E-state index is 12.0. The van der Waals surface area contributed by atoms with E-state index >= 15 is 0 Å². The van der Waals surface area contributed by atoms with Gasteiger partial charge in [0, 0.05) is 10.1 Å². The first-order valence-corrected chi connectivity index (χ1v) is 8.17. The standard InChI is InChI=1S/C18H10ClNO2S/c19-15-12-8-4-5-9-14(12)23-16(15)17-20-13(18(21)22-17)10-11-6-2-1-3-7-11/h1-10H/b13-10+. The number of benzene rings is 2. The first-order chi connectivity index (χ1) is 11.2. The number of carbonyl (C=O) groups excluding carboxylic acids is 1. The molecule has 1 aliphatic heterocycles. The SMILES string of the molecule is O=C1OC(c2sc3ccccc3c2Cl)=N/C1=C/c1ccccc1. The number of fused-ring (bicyclic) bond motifs is 1. The first-order valence-electron chi connectivity index (χ1n) is 6.97. The molecule has 0 atom stereocenters. The van der Waals surface area contributed by atoms with Crippen LogP contribution >= 0.6 is 22.9 Å². The van der Waals surface area contributed by atoms with Crippen LogP contribution < -0.4 is 0 Å². The van der Waals surface area contributed by atoms with Gasteiger partial charge in [0.15, 0.2) is 5.70 Å². The van der Waals surface area contributed by atoms with Crippen molar-refractivity contribution < 1.29 is 9.53 Å². The summed E-state index contributed by atoms with van der Waals surface area (Å²) in [6, 6.07) is 17.3. The van der Waals surface area contributed by atoms with Crippen LogP contribution in [0.25, 0.3) is 16.2 Å². The van der Waals surface area contributed by atoms with E-state index in [-0.39, 0.29) is 11.6 Å². The van der Waals surface area contributed by atoms with Crippen LogP contribution in [0.1, 0.15) is 10.4 Å². The summed E-state index contributed by atoms with van der Waals surface area (Å²) in [6.07, 6.45) is 1.70. The van der Waals surface area contributed by atoms with E-state index in [1.54, 1.807) is 6.08 Å². The van der Waals surface area contributed by atoms with Crippen LogP contribution in [0.5, 0.6) is 0 Å². The molecule has 3 nitrogen and oxygen atoms in total. The molecule has 0 saturated heterocycles. The fourth-order valence-corrected chi connectivity index (χ4v) is 3.80. The Labute approximate surface area is 141 Å². The second-order valence-electron chi connectivity index (χ2n) is 4.99. The van der Waals surface area contributed by atoms with Gasteiger partial charge in [-0.2, -0.15) is 0 Å². The Kier molecular flexibility index (Phi) is 3.48. The van der Waals surface area contributed by atoms with Crippen molar-refractivity contribution in [3.63, 3.8) is 0 Å². The van der Waals surface area contributed by atoms with Crippen molar-refractivity contribution in [2.45, 2.75) is 0 Å². The predicted molar refractivity (Wildman–Crippen MR) is 93.9 cm³/mol. The zero-order valence-corrected chi connectivity index (χ0v) is 13.4. The lowest BCUT2D eigenvalue weighted by Gasteiger charge is -1.95. The third-order valence-electron chi connectivity index (χ3n) is 3.45. The highest BCUT2D eigenvalue weighted by Gasteiger charge is 2.27. The Morgan fingerprint density at radius 1 is 1.04 bits per heavy atom. The zero-order valence-electron chi connectivity index (χ0n) is 11.8. The van der Waals surface area contributed by atoms with Gasteiger partial charge in [0.25, 0.3) is 0 Å². The molecule has 23 heavy (non-hydrogen) atoms. The molecule has 112 valence electrons. The third kappa shape index (κ3) is 2.56. The summed E-state index contributed by atoms with van der Waals surface area (Å²) in [6.45, 7) is 0. The highest BCUT2D eigenvalue weighted by Crippen LogP contribution is 2.37. The molecule has 4 rings (SSSR count). The first kappa shape index (κ1) is 14.2. The number of cyclic esters (lactones) is 1. The Hall–Kier alpha value is -2.43. The normalized spacial score (nSPS) is 16.0. The van der Waals surface area contributed by atoms with Gasteiger partial charge in [0.05, 0.1) is 5.02 Å². The number of rotatable bonds is 2. The molecule has 0 radical (unpaired) electrons. The molecule has 0 amide bonds. The summed E-state index contributed by atoms with van der Waals surface area (Å²) in [7, 11) is 0. The molecule has 1 aliphatic rings. The molecule has 2 heterocycles. The molecule has 0 fully saturated rings. The van der Waals surface area contributed by atoms with Crippen molar-refractivity contribution in [3.8, 4) is 0 Å². The Balaban J connectivity index is 1.77. The predicted octanol–water partition coefficient (Wildman–Crippen LogP) is 4.90. The second-order valence-corrected chi connectivity index (χ2v) is 6.42. The zero-order chi connectivity index (χ0) is 15.8. The summed E-state index contributed by atoms with van der Waals surface area (Å²) in [5.74, 6) is -0.194. The number of halogens is 1. The molecule has 0 spiro atoms. The summed E-state index contributed by atoms with van der Waals surface area (Å²) in [5.41, 5.74) is 1.17. The molecular weight excluding hydrogens is 330 g/mol. The van der Waals surface area contributed by atoms with E-state index in [0.717, 1.165) is 15.6 Å². The van der Waals surface area contributed by atoms with Gasteiger partial charge in [-0.1, -0.05) is 60.1 Å². The highest BCUT2D eigenvalue weighted by molar-refractivity contribution is 7.21. The number of esters is 1. The molecule has 0 bridgehead atoms. The van der Waals surface area contributed by atoms with Gasteiger partial charge >= 0.3 is 5.97 Å². The molecule has 0 unspecified atom stereocenters. The van der Waals surface area contributed by atoms with Gasteiger partial charge in [-0.15, -0.1) is 11.3 Å². The van der Waals surface area contributed by atoms with Gasteiger partial charge in [-0.3, -0.25) is 0 Å². The number of nitrogens with zero attached hydrogens (tertiary/aromatic N) is 1. The average molecular weight is 340 g/mol. The molecule has 1 aromatic heterocycles. The molecule has 3 aromatic rings. The largest absolute Gasteiger partial charge is 0.401 e. The molecule has 0 N–H and O–H groups in total. The van der Waals surface area contributed by atoms with Crippen molar-refractivity contribution in [2.75, 3.05) is 0 Å².